The lowest BCUT2D eigenvalue weighted by Crippen LogP contribution is -2.30. The number of hydrogen-bond acceptors (Lipinski definition) is 6. The molecule has 0 bridgehead atoms. The molecule has 0 atom stereocenters. The third-order valence-electron chi connectivity index (χ3n) is 4.60. The molecule has 2 heterocycles. The van der Waals surface area contributed by atoms with Gasteiger partial charge in [-0.1, -0.05) is 12.1 Å². The van der Waals surface area contributed by atoms with Gasteiger partial charge in [0.15, 0.2) is 5.69 Å². The summed E-state index contributed by atoms with van der Waals surface area (Å²) in [5.41, 5.74) is 2.42. The second-order valence-electron chi connectivity index (χ2n) is 7.01. The molecule has 2 aromatic heterocycles. The Labute approximate surface area is 170 Å². The minimum Gasteiger partial charge on any atom is -0.497 e. The van der Waals surface area contributed by atoms with Gasteiger partial charge in [-0.25, -0.2) is 4.98 Å². The molecule has 0 fully saturated rings. The highest BCUT2D eigenvalue weighted by Crippen LogP contribution is 2.16. The number of oxazole rings is 1. The zero-order valence-electron chi connectivity index (χ0n) is 17.0. The number of amides is 1. The number of hydrogen-bond donors (Lipinski definition) is 1. The van der Waals surface area contributed by atoms with E-state index in [0.717, 1.165) is 17.9 Å². The fraction of sp³-hybridized carbons (Fsp3) is 0.318. The molecule has 3 aromatic rings. The number of pyridine rings is 1. The molecule has 0 unspecified atom stereocenters. The smallest absolute Gasteiger partial charge is 0.273 e. The van der Waals surface area contributed by atoms with E-state index < -0.39 is 0 Å². The molecule has 1 N–H and O–H groups in total. The molecule has 0 radical (unpaired) electrons. The minimum absolute atomic E-state index is 0.261. The Hall–Kier alpha value is -3.19. The standard InChI is InChI=1S/C22H26N4O3/c1-16(2)26(13-18-4-6-19(28-3)7-5-18)14-21-25-20(15-29-21)22(27)24-12-17-8-10-23-11-9-17/h4-11,15-16H,12-14H2,1-3H3,(H,24,27). The summed E-state index contributed by atoms with van der Waals surface area (Å²) in [6.45, 7) is 5.91. The largest absolute Gasteiger partial charge is 0.497 e. The predicted molar refractivity (Wildman–Crippen MR) is 109 cm³/mol. The fourth-order valence-corrected chi connectivity index (χ4v) is 2.82. The van der Waals surface area contributed by atoms with Gasteiger partial charge in [0.1, 0.15) is 12.0 Å². The maximum Gasteiger partial charge on any atom is 0.273 e. The van der Waals surface area contributed by atoms with E-state index in [0.29, 0.717) is 19.0 Å². The molecule has 1 amide bonds. The Bertz CT molecular complexity index is 907. The maximum atomic E-state index is 12.3. The number of rotatable bonds is 9. The summed E-state index contributed by atoms with van der Waals surface area (Å²) in [6, 6.07) is 12.0. The van der Waals surface area contributed by atoms with Crippen LogP contribution in [-0.4, -0.2) is 33.9 Å². The molecular weight excluding hydrogens is 368 g/mol. The molecule has 7 nitrogen and oxygen atoms in total. The van der Waals surface area contributed by atoms with Crippen LogP contribution in [0.25, 0.3) is 0 Å². The molecule has 152 valence electrons. The van der Waals surface area contributed by atoms with Crippen LogP contribution in [0.5, 0.6) is 5.75 Å². The molecular formula is C22H26N4O3. The summed E-state index contributed by atoms with van der Waals surface area (Å²) in [7, 11) is 1.66. The third kappa shape index (κ3) is 5.89. The van der Waals surface area contributed by atoms with Crippen molar-refractivity contribution in [2.75, 3.05) is 7.11 Å². The first-order valence-corrected chi connectivity index (χ1v) is 9.53. The molecule has 0 saturated heterocycles. The summed E-state index contributed by atoms with van der Waals surface area (Å²) in [4.78, 5) is 22.9. The second-order valence-corrected chi connectivity index (χ2v) is 7.01. The molecule has 0 aliphatic heterocycles. The van der Waals surface area contributed by atoms with Gasteiger partial charge in [0, 0.05) is 31.5 Å². The van der Waals surface area contributed by atoms with E-state index in [2.05, 4.69) is 34.0 Å². The van der Waals surface area contributed by atoms with Crippen LogP contribution in [0.15, 0.2) is 59.5 Å². The van der Waals surface area contributed by atoms with Gasteiger partial charge >= 0.3 is 0 Å². The number of methoxy groups -OCH3 is 1. The summed E-state index contributed by atoms with van der Waals surface area (Å²) in [5.74, 6) is 1.09. The van der Waals surface area contributed by atoms with Gasteiger partial charge in [-0.15, -0.1) is 0 Å². The lowest BCUT2D eigenvalue weighted by atomic mass is 10.2. The van der Waals surface area contributed by atoms with Crippen molar-refractivity contribution in [3.8, 4) is 5.75 Å². The summed E-state index contributed by atoms with van der Waals surface area (Å²) >= 11 is 0. The molecule has 0 aliphatic rings. The average Bonchev–Trinajstić information content (AvgIpc) is 3.21. The van der Waals surface area contributed by atoms with E-state index in [1.807, 2.05) is 36.4 Å². The predicted octanol–water partition coefficient (Wildman–Crippen LogP) is 3.42. The molecule has 0 aliphatic carbocycles. The molecule has 29 heavy (non-hydrogen) atoms. The van der Waals surface area contributed by atoms with E-state index in [-0.39, 0.29) is 17.6 Å². The molecule has 0 saturated carbocycles. The molecule has 7 heteroatoms. The van der Waals surface area contributed by atoms with E-state index in [1.165, 1.54) is 11.8 Å². The molecule has 3 rings (SSSR count). The van der Waals surface area contributed by atoms with Crippen LogP contribution in [0.3, 0.4) is 0 Å². The van der Waals surface area contributed by atoms with Gasteiger partial charge in [0.05, 0.1) is 13.7 Å². The Morgan fingerprint density at radius 2 is 1.83 bits per heavy atom. The van der Waals surface area contributed by atoms with Crippen molar-refractivity contribution >= 4 is 5.91 Å². The van der Waals surface area contributed by atoms with Crippen LogP contribution >= 0.6 is 0 Å². The number of benzene rings is 1. The SMILES string of the molecule is COc1ccc(CN(Cc2nc(C(=O)NCc3ccncc3)co2)C(C)C)cc1. The lowest BCUT2D eigenvalue weighted by molar-refractivity contribution is 0.0945. The van der Waals surface area contributed by atoms with E-state index in [9.17, 15) is 4.79 Å². The first-order valence-electron chi connectivity index (χ1n) is 9.53. The third-order valence-corrected chi connectivity index (χ3v) is 4.60. The number of nitrogens with zero attached hydrogens (tertiary/aromatic N) is 3. The van der Waals surface area contributed by atoms with Crippen molar-refractivity contribution in [3.05, 3.63) is 77.8 Å². The van der Waals surface area contributed by atoms with Gasteiger partial charge < -0.3 is 14.5 Å². The summed E-state index contributed by atoms with van der Waals surface area (Å²) < 4.78 is 10.8. The molecule has 1 aromatic carbocycles. The first kappa shape index (κ1) is 20.5. The zero-order chi connectivity index (χ0) is 20.6. The van der Waals surface area contributed by atoms with Crippen LogP contribution in [0.1, 0.15) is 41.4 Å². The maximum absolute atomic E-state index is 12.3. The number of nitrogens with one attached hydrogen (secondary N) is 1. The average molecular weight is 394 g/mol. The van der Waals surface area contributed by atoms with Crippen LogP contribution in [0.2, 0.25) is 0 Å². The second kappa shape index (κ2) is 9.84. The molecule has 0 spiro atoms. The number of ether oxygens (including phenoxy) is 1. The number of carbonyl (C=O) groups excluding carboxylic acids is 1. The zero-order valence-corrected chi connectivity index (χ0v) is 17.0. The topological polar surface area (TPSA) is 80.5 Å². The van der Waals surface area contributed by atoms with Gasteiger partial charge in [-0.3, -0.25) is 14.7 Å². The highest BCUT2D eigenvalue weighted by molar-refractivity contribution is 5.91. The van der Waals surface area contributed by atoms with Crippen LogP contribution < -0.4 is 10.1 Å². The highest BCUT2D eigenvalue weighted by atomic mass is 16.5. The quantitative estimate of drug-likeness (QED) is 0.599. The van der Waals surface area contributed by atoms with Crippen molar-refractivity contribution in [2.24, 2.45) is 0 Å². The van der Waals surface area contributed by atoms with Crippen LogP contribution in [0, 0.1) is 0 Å². The summed E-state index contributed by atoms with van der Waals surface area (Å²) in [6.07, 6.45) is 4.79. The Morgan fingerprint density at radius 1 is 1.10 bits per heavy atom. The van der Waals surface area contributed by atoms with Crippen LogP contribution in [-0.2, 0) is 19.6 Å². The van der Waals surface area contributed by atoms with Gasteiger partial charge in [-0.05, 0) is 49.2 Å². The van der Waals surface area contributed by atoms with Crippen molar-refractivity contribution in [1.82, 2.24) is 20.2 Å². The van der Waals surface area contributed by atoms with Crippen molar-refractivity contribution < 1.29 is 13.9 Å². The fourth-order valence-electron chi connectivity index (χ4n) is 2.82. The van der Waals surface area contributed by atoms with Crippen molar-refractivity contribution in [2.45, 2.75) is 39.5 Å². The monoisotopic (exact) mass is 394 g/mol. The van der Waals surface area contributed by atoms with Crippen molar-refractivity contribution in [3.63, 3.8) is 0 Å². The van der Waals surface area contributed by atoms with Gasteiger partial charge in [-0.2, -0.15) is 0 Å². The van der Waals surface area contributed by atoms with E-state index in [1.54, 1.807) is 19.5 Å². The Balaban J connectivity index is 1.59. The highest BCUT2D eigenvalue weighted by Gasteiger charge is 2.17. The summed E-state index contributed by atoms with van der Waals surface area (Å²) in [5, 5.41) is 2.84. The van der Waals surface area contributed by atoms with Crippen molar-refractivity contribution in [1.29, 1.82) is 0 Å². The van der Waals surface area contributed by atoms with Gasteiger partial charge in [0.2, 0.25) is 5.89 Å². The minimum atomic E-state index is -0.261. The lowest BCUT2D eigenvalue weighted by Gasteiger charge is -2.25. The normalized spacial score (nSPS) is 11.1. The van der Waals surface area contributed by atoms with E-state index >= 15 is 0 Å². The Kier molecular flexibility index (Phi) is 6.97. The van der Waals surface area contributed by atoms with E-state index in [4.69, 9.17) is 9.15 Å². The number of aromatic nitrogens is 2. The number of carbonyl (C=O) groups is 1. The van der Waals surface area contributed by atoms with Crippen LogP contribution in [0.4, 0.5) is 0 Å². The first-order chi connectivity index (χ1) is 14.0. The Morgan fingerprint density at radius 3 is 2.48 bits per heavy atom. The van der Waals surface area contributed by atoms with Gasteiger partial charge in [0.25, 0.3) is 5.91 Å².